The molecule has 0 unspecified atom stereocenters. The molecule has 0 saturated heterocycles. The summed E-state index contributed by atoms with van der Waals surface area (Å²) in [4.78, 5) is 20.3. The summed E-state index contributed by atoms with van der Waals surface area (Å²) in [5, 5.41) is 2.69. The minimum absolute atomic E-state index is 0.0104. The van der Waals surface area contributed by atoms with Crippen LogP contribution in [0.15, 0.2) is 65.7 Å². The Morgan fingerprint density at radius 2 is 1.77 bits per heavy atom. The number of sulfonamides is 1. The van der Waals surface area contributed by atoms with Crippen molar-refractivity contribution >= 4 is 27.6 Å². The third kappa shape index (κ3) is 5.92. The number of hydrogen-bond acceptors (Lipinski definition) is 7. The average Bonchev–Trinajstić information content (AvgIpc) is 2.74. The first-order chi connectivity index (χ1) is 14.8. The van der Waals surface area contributed by atoms with E-state index in [1.54, 1.807) is 51.3 Å². The molecule has 1 heterocycles. The van der Waals surface area contributed by atoms with Crippen molar-refractivity contribution in [2.75, 3.05) is 17.1 Å². The van der Waals surface area contributed by atoms with Gasteiger partial charge >= 0.3 is 0 Å². The highest BCUT2D eigenvalue weighted by molar-refractivity contribution is 7.92. The Labute approximate surface area is 180 Å². The molecule has 0 aliphatic rings. The number of anilines is 2. The van der Waals surface area contributed by atoms with E-state index in [9.17, 15) is 13.2 Å². The summed E-state index contributed by atoms with van der Waals surface area (Å²) in [5.74, 6) is 0.713. The van der Waals surface area contributed by atoms with Crippen LogP contribution < -0.4 is 19.5 Å². The van der Waals surface area contributed by atoms with Crippen LogP contribution in [0.1, 0.15) is 12.6 Å². The molecule has 162 valence electrons. The van der Waals surface area contributed by atoms with Crippen molar-refractivity contribution in [2.24, 2.45) is 0 Å². The van der Waals surface area contributed by atoms with Crippen molar-refractivity contribution in [1.82, 2.24) is 9.97 Å². The fourth-order valence-corrected chi connectivity index (χ4v) is 3.52. The topological polar surface area (TPSA) is 120 Å². The molecule has 0 fully saturated rings. The summed E-state index contributed by atoms with van der Waals surface area (Å²) >= 11 is 0. The minimum Gasteiger partial charge on any atom is -0.497 e. The van der Waals surface area contributed by atoms with Crippen molar-refractivity contribution in [3.63, 3.8) is 0 Å². The summed E-state index contributed by atoms with van der Waals surface area (Å²) in [6.45, 7) is 3.34. The van der Waals surface area contributed by atoms with Crippen LogP contribution in [0.25, 0.3) is 0 Å². The molecule has 1 aromatic heterocycles. The van der Waals surface area contributed by atoms with Gasteiger partial charge in [0.25, 0.3) is 15.9 Å². The lowest BCUT2D eigenvalue weighted by Crippen LogP contribution is -2.30. The summed E-state index contributed by atoms with van der Waals surface area (Å²) in [6.07, 6.45) is 0.684. The number of ether oxygens (including phenoxy) is 2. The number of nitrogens with zero attached hydrogens (tertiary/aromatic N) is 2. The molecule has 1 amide bonds. The van der Waals surface area contributed by atoms with Crippen LogP contribution >= 0.6 is 0 Å². The molecule has 31 heavy (non-hydrogen) atoms. The average molecular weight is 442 g/mol. The zero-order valence-corrected chi connectivity index (χ0v) is 18.0. The Kier molecular flexibility index (Phi) is 6.71. The monoisotopic (exact) mass is 442 g/mol. The van der Waals surface area contributed by atoms with Crippen LogP contribution in [0, 0.1) is 6.92 Å². The first kappa shape index (κ1) is 22.0. The van der Waals surface area contributed by atoms with Gasteiger partial charge in [-0.3, -0.25) is 4.79 Å². The fraction of sp³-hybridized carbons (Fsp3) is 0.190. The third-order valence-corrected chi connectivity index (χ3v) is 5.52. The Morgan fingerprint density at radius 1 is 1.06 bits per heavy atom. The van der Waals surface area contributed by atoms with Crippen molar-refractivity contribution in [1.29, 1.82) is 0 Å². The van der Waals surface area contributed by atoms with E-state index >= 15 is 0 Å². The number of methoxy groups -OCH3 is 1. The number of aryl methyl sites for hydroxylation is 1. The van der Waals surface area contributed by atoms with Gasteiger partial charge in [0.1, 0.15) is 11.5 Å². The van der Waals surface area contributed by atoms with Crippen LogP contribution in [-0.4, -0.2) is 37.5 Å². The Morgan fingerprint density at radius 3 is 2.45 bits per heavy atom. The van der Waals surface area contributed by atoms with Gasteiger partial charge in [-0.1, -0.05) is 6.07 Å². The van der Waals surface area contributed by atoms with E-state index in [4.69, 9.17) is 9.47 Å². The first-order valence-electron chi connectivity index (χ1n) is 9.31. The molecule has 2 aromatic carbocycles. The van der Waals surface area contributed by atoms with Gasteiger partial charge in [-0.2, -0.15) is 0 Å². The molecule has 0 aliphatic heterocycles. The van der Waals surface area contributed by atoms with E-state index in [1.165, 1.54) is 30.5 Å². The molecule has 2 N–H and O–H groups in total. The SMILES string of the molecule is COc1cccc(O[C@H](C)C(=O)Nc2ccc(S(=O)(=O)Nc3nccc(C)n3)cc2)c1. The van der Waals surface area contributed by atoms with Crippen molar-refractivity contribution < 1.29 is 22.7 Å². The van der Waals surface area contributed by atoms with Crippen LogP contribution in [-0.2, 0) is 14.8 Å². The highest BCUT2D eigenvalue weighted by Gasteiger charge is 2.18. The minimum atomic E-state index is -3.86. The van der Waals surface area contributed by atoms with Crippen molar-refractivity contribution in [3.8, 4) is 11.5 Å². The Bertz CT molecular complexity index is 1170. The summed E-state index contributed by atoms with van der Waals surface area (Å²) in [5.41, 5.74) is 1.06. The van der Waals surface area contributed by atoms with Crippen LogP contribution in [0.4, 0.5) is 11.6 Å². The molecule has 9 nitrogen and oxygen atoms in total. The van der Waals surface area contributed by atoms with E-state index in [1.807, 2.05) is 0 Å². The molecule has 3 rings (SSSR count). The zero-order chi connectivity index (χ0) is 22.4. The number of hydrogen-bond donors (Lipinski definition) is 2. The number of aromatic nitrogens is 2. The van der Waals surface area contributed by atoms with Gasteiger partial charge in [0.15, 0.2) is 6.10 Å². The summed E-state index contributed by atoms with van der Waals surface area (Å²) < 4.78 is 38.1. The lowest BCUT2D eigenvalue weighted by molar-refractivity contribution is -0.122. The normalized spacial score (nSPS) is 12.0. The molecule has 1 atom stereocenters. The first-order valence-corrected chi connectivity index (χ1v) is 10.8. The maximum Gasteiger partial charge on any atom is 0.265 e. The van der Waals surface area contributed by atoms with Gasteiger partial charge in [-0.15, -0.1) is 0 Å². The molecule has 0 bridgehead atoms. The number of carbonyl (C=O) groups is 1. The quantitative estimate of drug-likeness (QED) is 0.550. The van der Waals surface area contributed by atoms with Gasteiger partial charge in [-0.05, 0) is 56.3 Å². The lowest BCUT2D eigenvalue weighted by atomic mass is 10.3. The zero-order valence-electron chi connectivity index (χ0n) is 17.2. The molecular formula is C21H22N4O5S. The fourth-order valence-electron chi connectivity index (χ4n) is 2.57. The Balaban J connectivity index is 1.63. The number of carbonyl (C=O) groups excluding carboxylic acids is 1. The van der Waals surface area contributed by atoms with E-state index in [0.717, 1.165) is 0 Å². The van der Waals surface area contributed by atoms with Crippen LogP contribution in [0.2, 0.25) is 0 Å². The predicted molar refractivity (Wildman–Crippen MR) is 116 cm³/mol. The number of amides is 1. The van der Waals surface area contributed by atoms with Gasteiger partial charge in [-0.25, -0.2) is 23.1 Å². The van der Waals surface area contributed by atoms with Gasteiger partial charge in [0.2, 0.25) is 5.95 Å². The lowest BCUT2D eigenvalue weighted by Gasteiger charge is -2.15. The maximum atomic E-state index is 12.5. The standard InChI is InChI=1S/C21H22N4O5S/c1-14-11-12-22-21(23-14)25-31(27,28)19-9-7-16(8-10-19)24-20(26)15(2)30-18-6-4-5-17(13-18)29-3/h4-13,15H,1-3H3,(H,24,26)(H,22,23,25)/t15-/m1/s1. The van der Waals surface area contributed by atoms with E-state index in [2.05, 4.69) is 20.0 Å². The van der Waals surface area contributed by atoms with Crippen LogP contribution in [0.3, 0.4) is 0 Å². The van der Waals surface area contributed by atoms with Crippen molar-refractivity contribution in [3.05, 3.63) is 66.5 Å². The molecule has 0 saturated carbocycles. The summed E-state index contributed by atoms with van der Waals surface area (Å²) in [6, 6.07) is 14.3. The van der Waals surface area contributed by atoms with Gasteiger partial charge in [0, 0.05) is 23.6 Å². The second-order valence-corrected chi connectivity index (χ2v) is 8.26. The smallest absolute Gasteiger partial charge is 0.265 e. The highest BCUT2D eigenvalue weighted by Crippen LogP contribution is 2.21. The second-order valence-electron chi connectivity index (χ2n) is 6.58. The van der Waals surface area contributed by atoms with Gasteiger partial charge < -0.3 is 14.8 Å². The molecule has 3 aromatic rings. The molecule has 0 aliphatic carbocycles. The number of benzene rings is 2. The second kappa shape index (κ2) is 9.43. The maximum absolute atomic E-state index is 12.5. The highest BCUT2D eigenvalue weighted by atomic mass is 32.2. The number of rotatable bonds is 8. The van der Waals surface area contributed by atoms with Gasteiger partial charge in [0.05, 0.1) is 12.0 Å². The molecule has 0 radical (unpaired) electrons. The molecular weight excluding hydrogens is 420 g/mol. The van der Waals surface area contributed by atoms with E-state index in [0.29, 0.717) is 22.9 Å². The number of nitrogens with one attached hydrogen (secondary N) is 2. The largest absolute Gasteiger partial charge is 0.497 e. The predicted octanol–water partition coefficient (Wildman–Crippen LogP) is 3.00. The Hall–Kier alpha value is -3.66. The summed E-state index contributed by atoms with van der Waals surface area (Å²) in [7, 11) is -2.32. The van der Waals surface area contributed by atoms with E-state index in [-0.39, 0.29) is 16.8 Å². The third-order valence-electron chi connectivity index (χ3n) is 4.18. The van der Waals surface area contributed by atoms with E-state index < -0.39 is 16.1 Å². The molecule has 10 heteroatoms. The van der Waals surface area contributed by atoms with Crippen molar-refractivity contribution in [2.45, 2.75) is 24.8 Å². The van der Waals surface area contributed by atoms with Crippen LogP contribution in [0.5, 0.6) is 11.5 Å². The molecule has 0 spiro atoms.